The minimum atomic E-state index is -0.901. The van der Waals surface area contributed by atoms with Crippen molar-refractivity contribution in [3.63, 3.8) is 0 Å². The maximum atomic E-state index is 13.5. The minimum Gasteiger partial charge on any atom is -0.455 e. The van der Waals surface area contributed by atoms with Crippen LogP contribution in [0.3, 0.4) is 0 Å². The molecular weight excluding hydrogens is 538 g/mol. The van der Waals surface area contributed by atoms with E-state index in [0.717, 1.165) is 10.9 Å². The molecule has 0 aliphatic carbocycles. The second-order valence-corrected chi connectivity index (χ2v) is 11.4. The Kier molecular flexibility index (Phi) is 9.95. The summed E-state index contributed by atoms with van der Waals surface area (Å²) in [5.74, 6) is -2.67. The summed E-state index contributed by atoms with van der Waals surface area (Å²) in [6.07, 6.45) is 3.57. The monoisotopic (exact) mass is 579 g/mol. The molecule has 0 saturated carbocycles. The summed E-state index contributed by atoms with van der Waals surface area (Å²) >= 11 is 0. The Balaban J connectivity index is 1.72. The molecule has 2 aromatic rings. The van der Waals surface area contributed by atoms with E-state index in [0.29, 0.717) is 30.6 Å². The maximum Gasteiger partial charge on any atom is 0.325 e. The molecule has 42 heavy (non-hydrogen) atoms. The molecule has 5 bridgehead atoms. The zero-order chi connectivity index (χ0) is 30.6. The number of hydrogen-bond acceptors (Lipinski definition) is 8. The Morgan fingerprint density at radius 1 is 1.02 bits per heavy atom. The largest absolute Gasteiger partial charge is 0.455 e. The van der Waals surface area contributed by atoms with Gasteiger partial charge >= 0.3 is 5.97 Å². The number of esters is 1. The molecule has 0 radical (unpaired) electrons. The van der Waals surface area contributed by atoms with Gasteiger partial charge in [0.25, 0.3) is 5.91 Å². The Hall–Kier alpha value is -3.83. The number of nitrogens with zero attached hydrogens (tertiary/aromatic N) is 2. The molecule has 1 fully saturated rings. The molecule has 226 valence electrons. The molecule has 11 nitrogen and oxygen atoms in total. The van der Waals surface area contributed by atoms with E-state index in [4.69, 9.17) is 14.5 Å². The van der Waals surface area contributed by atoms with E-state index in [1.807, 2.05) is 50.3 Å². The zero-order valence-electron chi connectivity index (χ0n) is 25.0. The fourth-order valence-electron chi connectivity index (χ4n) is 5.11. The highest BCUT2D eigenvalue weighted by Crippen LogP contribution is 2.23. The van der Waals surface area contributed by atoms with Gasteiger partial charge in [-0.05, 0) is 57.2 Å². The topological polar surface area (TPSA) is 139 Å². The summed E-state index contributed by atoms with van der Waals surface area (Å²) in [5.41, 5.74) is 5.09. The number of hydrazine groups is 1. The number of aromatic nitrogens is 1. The number of hydrogen-bond donors (Lipinski definition) is 3. The Morgan fingerprint density at radius 2 is 1.76 bits per heavy atom. The van der Waals surface area contributed by atoms with Crippen LogP contribution in [0.5, 0.6) is 0 Å². The molecule has 3 amide bonds. The van der Waals surface area contributed by atoms with Crippen molar-refractivity contribution in [2.75, 3.05) is 13.7 Å². The predicted octanol–water partition coefficient (Wildman–Crippen LogP) is 2.66. The van der Waals surface area contributed by atoms with Gasteiger partial charge in [0.2, 0.25) is 11.8 Å². The van der Waals surface area contributed by atoms with Crippen LogP contribution in [0.25, 0.3) is 17.0 Å². The van der Waals surface area contributed by atoms with Crippen molar-refractivity contribution in [2.45, 2.75) is 77.8 Å². The summed E-state index contributed by atoms with van der Waals surface area (Å²) < 4.78 is 11.3. The molecule has 2 aliphatic rings. The standard InChI is InChI=1S/C31H41N5O6/c1-17(2)27-29(38)32-18(3)30(39)36-15-7-8-25(35-36)31(40)42-20(5)24-14-12-22-11-9-21(16-26(22)33-24)10-13-23(19(4)41-6)28(37)34-27/h9-14,16-20,23,25,27,35H,7-8,15H2,1-6H3,(H,32,38)(H,34,37)/t18-,19-,20+,23+,25-,27-/m0/s1. The summed E-state index contributed by atoms with van der Waals surface area (Å²) in [4.78, 5) is 57.9. The number of carbonyl (C=O) groups excluding carboxylic acids is 4. The Morgan fingerprint density at radius 3 is 2.48 bits per heavy atom. The average Bonchev–Trinajstić information content (AvgIpc) is 2.98. The Bertz CT molecular complexity index is 1360. The van der Waals surface area contributed by atoms with E-state index in [-0.39, 0.29) is 11.8 Å². The molecule has 0 spiro atoms. The molecular formula is C31H41N5O6. The van der Waals surface area contributed by atoms with E-state index in [1.165, 1.54) is 12.1 Å². The SMILES string of the molecule is CO[C@@H](C)[C@H]1C=Cc2ccc3ccc(nc3c2)[C@@H](C)OC(=O)[C@@H]2CCCN(N2)C(=O)[C@H](C)NC(=O)[C@H](C(C)C)NC1=O. The first-order valence-electron chi connectivity index (χ1n) is 14.5. The molecule has 3 heterocycles. The highest BCUT2D eigenvalue weighted by Gasteiger charge is 2.35. The summed E-state index contributed by atoms with van der Waals surface area (Å²) in [6.45, 7) is 9.15. The van der Waals surface area contributed by atoms with E-state index >= 15 is 0 Å². The van der Waals surface area contributed by atoms with E-state index in [1.54, 1.807) is 26.8 Å². The molecule has 2 aliphatic heterocycles. The van der Waals surface area contributed by atoms with Gasteiger partial charge in [0.1, 0.15) is 24.2 Å². The molecule has 0 unspecified atom stereocenters. The first-order valence-corrected chi connectivity index (χ1v) is 14.5. The van der Waals surface area contributed by atoms with Gasteiger partial charge in [0.15, 0.2) is 0 Å². The van der Waals surface area contributed by atoms with E-state index < -0.39 is 54.0 Å². The number of benzene rings is 1. The average molecular weight is 580 g/mol. The first kappa shape index (κ1) is 31.1. The lowest BCUT2D eigenvalue weighted by Gasteiger charge is -2.35. The summed E-state index contributed by atoms with van der Waals surface area (Å²) in [7, 11) is 1.53. The number of fused-ring (bicyclic) bond motifs is 4. The Labute approximate surface area is 246 Å². The third-order valence-corrected chi connectivity index (χ3v) is 7.84. The second-order valence-electron chi connectivity index (χ2n) is 11.4. The lowest BCUT2D eigenvalue weighted by Crippen LogP contribution is -2.61. The van der Waals surface area contributed by atoms with Crippen molar-refractivity contribution in [1.29, 1.82) is 0 Å². The number of pyridine rings is 1. The number of nitrogens with one attached hydrogen (secondary N) is 3. The second kappa shape index (κ2) is 13.4. The van der Waals surface area contributed by atoms with Crippen molar-refractivity contribution in [1.82, 2.24) is 26.1 Å². The number of amides is 3. The van der Waals surface area contributed by atoms with Gasteiger partial charge in [-0.1, -0.05) is 44.2 Å². The van der Waals surface area contributed by atoms with Crippen LogP contribution in [0.2, 0.25) is 0 Å². The normalized spacial score (nSPS) is 27.0. The fraction of sp³-hybridized carbons (Fsp3) is 0.516. The van der Waals surface area contributed by atoms with Crippen LogP contribution in [-0.4, -0.2) is 71.6 Å². The van der Waals surface area contributed by atoms with Gasteiger partial charge in [-0.15, -0.1) is 0 Å². The molecule has 6 atom stereocenters. The third kappa shape index (κ3) is 7.14. The van der Waals surface area contributed by atoms with Crippen molar-refractivity contribution in [3.05, 3.63) is 47.7 Å². The van der Waals surface area contributed by atoms with Crippen molar-refractivity contribution >= 4 is 40.7 Å². The number of rotatable bonds is 3. The maximum absolute atomic E-state index is 13.5. The summed E-state index contributed by atoms with van der Waals surface area (Å²) in [5, 5.41) is 7.88. The first-order chi connectivity index (χ1) is 20.0. The molecule has 4 rings (SSSR count). The minimum absolute atomic E-state index is 0.254. The van der Waals surface area contributed by atoms with Crippen LogP contribution in [0, 0.1) is 11.8 Å². The quantitative estimate of drug-likeness (QED) is 0.472. The van der Waals surface area contributed by atoms with Gasteiger partial charge in [0.05, 0.1) is 23.2 Å². The van der Waals surface area contributed by atoms with Crippen molar-refractivity contribution in [3.8, 4) is 0 Å². The van der Waals surface area contributed by atoms with Gasteiger partial charge in [-0.3, -0.25) is 24.2 Å². The predicted molar refractivity (Wildman–Crippen MR) is 157 cm³/mol. The van der Waals surface area contributed by atoms with Crippen LogP contribution in [0.15, 0.2) is 36.4 Å². The highest BCUT2D eigenvalue weighted by atomic mass is 16.5. The fourth-order valence-corrected chi connectivity index (χ4v) is 5.11. The highest BCUT2D eigenvalue weighted by molar-refractivity contribution is 5.93. The number of cyclic esters (lactones) is 1. The molecule has 1 aromatic carbocycles. The number of ether oxygens (including phenoxy) is 2. The molecule has 1 aromatic heterocycles. The van der Waals surface area contributed by atoms with Gasteiger partial charge in [0, 0.05) is 19.0 Å². The van der Waals surface area contributed by atoms with Crippen molar-refractivity contribution < 1.29 is 28.7 Å². The smallest absolute Gasteiger partial charge is 0.325 e. The van der Waals surface area contributed by atoms with Crippen LogP contribution < -0.4 is 16.1 Å². The van der Waals surface area contributed by atoms with Gasteiger partial charge < -0.3 is 20.1 Å². The van der Waals surface area contributed by atoms with Gasteiger partial charge in [-0.25, -0.2) is 10.4 Å². The zero-order valence-corrected chi connectivity index (χ0v) is 25.0. The summed E-state index contributed by atoms with van der Waals surface area (Å²) in [6, 6.07) is 7.00. The van der Waals surface area contributed by atoms with Crippen molar-refractivity contribution in [2.24, 2.45) is 11.8 Å². The van der Waals surface area contributed by atoms with Gasteiger partial charge in [-0.2, -0.15) is 0 Å². The van der Waals surface area contributed by atoms with Crippen LogP contribution in [0.1, 0.15) is 64.8 Å². The van der Waals surface area contributed by atoms with Crippen LogP contribution >= 0.6 is 0 Å². The van der Waals surface area contributed by atoms with E-state index in [2.05, 4.69) is 16.1 Å². The number of methoxy groups -OCH3 is 1. The third-order valence-electron chi connectivity index (χ3n) is 7.84. The number of carbonyl (C=O) groups is 4. The molecule has 11 heteroatoms. The lowest BCUT2D eigenvalue weighted by atomic mass is 9.97. The van der Waals surface area contributed by atoms with Crippen LogP contribution in [0.4, 0.5) is 0 Å². The molecule has 3 N–H and O–H groups in total. The van der Waals surface area contributed by atoms with Crippen LogP contribution in [-0.2, 0) is 28.7 Å². The molecule has 1 saturated heterocycles. The van der Waals surface area contributed by atoms with E-state index in [9.17, 15) is 19.2 Å². The lowest BCUT2D eigenvalue weighted by molar-refractivity contribution is -0.157.